The summed E-state index contributed by atoms with van der Waals surface area (Å²) in [6.07, 6.45) is 3.90. The van der Waals surface area contributed by atoms with E-state index in [0.717, 1.165) is 25.4 Å². The molecule has 0 bridgehead atoms. The maximum atomic E-state index is 3.51. The van der Waals surface area contributed by atoms with Crippen LogP contribution < -0.4 is 5.32 Å². The normalized spacial score (nSPS) is 14.9. The Hall–Kier alpha value is -1.12. The van der Waals surface area contributed by atoms with E-state index in [4.69, 9.17) is 0 Å². The summed E-state index contributed by atoms with van der Waals surface area (Å²) in [6.45, 7) is 2.04. The molecule has 1 aromatic carbocycles. The van der Waals surface area contributed by atoms with Crippen molar-refractivity contribution in [3.05, 3.63) is 57.8 Å². The molecule has 1 aromatic heterocycles. The lowest BCUT2D eigenvalue weighted by molar-refractivity contribution is 0.687. The molecule has 2 heteroatoms. The molecule has 0 unspecified atom stereocenters. The lowest BCUT2D eigenvalue weighted by atomic mass is 10.1. The first kappa shape index (κ1) is 11.9. The van der Waals surface area contributed by atoms with Gasteiger partial charge in [0.15, 0.2) is 0 Å². The molecule has 1 aliphatic rings. The van der Waals surface area contributed by atoms with Gasteiger partial charge in [-0.3, -0.25) is 0 Å². The third-order valence-corrected chi connectivity index (χ3v) is 4.26. The Balaban J connectivity index is 1.42. The van der Waals surface area contributed by atoms with Crippen LogP contribution in [0.15, 0.2) is 41.1 Å². The SMILES string of the molecule is c1cc(CCNCc2ccc(C3CC3)cc2)cs1. The van der Waals surface area contributed by atoms with E-state index in [-0.39, 0.29) is 0 Å². The molecule has 0 saturated heterocycles. The van der Waals surface area contributed by atoms with Crippen LogP contribution in [0.25, 0.3) is 0 Å². The van der Waals surface area contributed by atoms with Crippen LogP contribution in [0.4, 0.5) is 0 Å². The van der Waals surface area contributed by atoms with Crippen LogP contribution in [0.3, 0.4) is 0 Å². The van der Waals surface area contributed by atoms with Gasteiger partial charge in [-0.15, -0.1) is 0 Å². The number of thiophene rings is 1. The number of benzene rings is 1. The molecule has 0 radical (unpaired) electrons. The van der Waals surface area contributed by atoms with Gasteiger partial charge in [-0.1, -0.05) is 24.3 Å². The Morgan fingerprint density at radius 3 is 2.56 bits per heavy atom. The first-order chi connectivity index (χ1) is 8.92. The van der Waals surface area contributed by atoms with Crippen molar-refractivity contribution in [3.63, 3.8) is 0 Å². The minimum absolute atomic E-state index is 0.866. The molecule has 0 amide bonds. The molecular formula is C16H19NS. The van der Waals surface area contributed by atoms with Crippen molar-refractivity contribution < 1.29 is 0 Å². The zero-order chi connectivity index (χ0) is 12.2. The van der Waals surface area contributed by atoms with Crippen molar-refractivity contribution in [1.29, 1.82) is 0 Å². The molecule has 0 spiro atoms. The van der Waals surface area contributed by atoms with Gasteiger partial charge in [-0.2, -0.15) is 11.3 Å². The summed E-state index contributed by atoms with van der Waals surface area (Å²) in [5, 5.41) is 7.88. The topological polar surface area (TPSA) is 12.0 Å². The van der Waals surface area contributed by atoms with Gasteiger partial charge in [0.25, 0.3) is 0 Å². The van der Waals surface area contributed by atoms with Crippen LogP contribution in [0.1, 0.15) is 35.4 Å². The molecule has 1 heterocycles. The van der Waals surface area contributed by atoms with Crippen molar-refractivity contribution >= 4 is 11.3 Å². The Morgan fingerprint density at radius 2 is 1.89 bits per heavy atom. The monoisotopic (exact) mass is 257 g/mol. The maximum Gasteiger partial charge on any atom is 0.0205 e. The fraction of sp³-hybridized carbons (Fsp3) is 0.375. The summed E-state index contributed by atoms with van der Waals surface area (Å²) in [6, 6.07) is 11.3. The molecule has 1 fully saturated rings. The fourth-order valence-electron chi connectivity index (χ4n) is 2.22. The van der Waals surface area contributed by atoms with E-state index in [0.29, 0.717) is 0 Å². The Morgan fingerprint density at radius 1 is 1.06 bits per heavy atom. The molecule has 0 atom stereocenters. The quantitative estimate of drug-likeness (QED) is 0.772. The second kappa shape index (κ2) is 5.68. The smallest absolute Gasteiger partial charge is 0.0205 e. The van der Waals surface area contributed by atoms with Crippen molar-refractivity contribution in [2.75, 3.05) is 6.54 Å². The third-order valence-electron chi connectivity index (χ3n) is 3.53. The Kier molecular flexibility index (Phi) is 3.77. The predicted molar refractivity (Wildman–Crippen MR) is 78.1 cm³/mol. The minimum atomic E-state index is 0.866. The highest BCUT2D eigenvalue weighted by molar-refractivity contribution is 7.07. The van der Waals surface area contributed by atoms with E-state index in [1.165, 1.54) is 29.5 Å². The average Bonchev–Trinajstić information content (AvgIpc) is 3.13. The fourth-order valence-corrected chi connectivity index (χ4v) is 2.93. The largest absolute Gasteiger partial charge is 0.312 e. The molecule has 94 valence electrons. The van der Waals surface area contributed by atoms with Gasteiger partial charge in [0.2, 0.25) is 0 Å². The molecule has 1 saturated carbocycles. The van der Waals surface area contributed by atoms with E-state index in [2.05, 4.69) is 46.4 Å². The zero-order valence-corrected chi connectivity index (χ0v) is 11.4. The van der Waals surface area contributed by atoms with E-state index in [9.17, 15) is 0 Å². The van der Waals surface area contributed by atoms with E-state index in [1.807, 2.05) is 0 Å². The first-order valence-corrected chi connectivity index (χ1v) is 7.67. The number of nitrogens with one attached hydrogen (secondary N) is 1. The molecule has 1 nitrogen and oxygen atoms in total. The number of rotatable bonds is 6. The van der Waals surface area contributed by atoms with Crippen LogP contribution in [0.5, 0.6) is 0 Å². The number of hydrogen-bond donors (Lipinski definition) is 1. The van der Waals surface area contributed by atoms with E-state index in [1.54, 1.807) is 11.3 Å². The summed E-state index contributed by atoms with van der Waals surface area (Å²) < 4.78 is 0. The summed E-state index contributed by atoms with van der Waals surface area (Å²) in [4.78, 5) is 0. The first-order valence-electron chi connectivity index (χ1n) is 6.72. The molecule has 1 N–H and O–H groups in total. The molecule has 2 aromatic rings. The summed E-state index contributed by atoms with van der Waals surface area (Å²) in [5.41, 5.74) is 4.36. The van der Waals surface area contributed by atoms with Crippen molar-refractivity contribution in [3.8, 4) is 0 Å². The highest BCUT2D eigenvalue weighted by atomic mass is 32.1. The molecule has 3 rings (SSSR count). The predicted octanol–water partition coefficient (Wildman–Crippen LogP) is 3.96. The average molecular weight is 257 g/mol. The third kappa shape index (κ3) is 3.21. The standard InChI is InChI=1S/C16H19NS/c1-3-15(16-5-6-16)4-2-13(1)11-17-9-7-14-8-10-18-12-14/h1-4,8,10,12,16-17H,5-7,9,11H2. The van der Waals surface area contributed by atoms with Crippen LogP contribution >= 0.6 is 11.3 Å². The van der Waals surface area contributed by atoms with Crippen LogP contribution in [0.2, 0.25) is 0 Å². The maximum absolute atomic E-state index is 3.51. The minimum Gasteiger partial charge on any atom is -0.312 e. The van der Waals surface area contributed by atoms with Crippen LogP contribution in [-0.4, -0.2) is 6.54 Å². The number of hydrogen-bond acceptors (Lipinski definition) is 2. The molecule has 1 aliphatic carbocycles. The Labute approximate surface area is 113 Å². The van der Waals surface area contributed by atoms with Gasteiger partial charge < -0.3 is 5.32 Å². The van der Waals surface area contributed by atoms with E-state index >= 15 is 0 Å². The summed E-state index contributed by atoms with van der Waals surface area (Å²) in [5.74, 6) is 0.866. The second-order valence-corrected chi connectivity index (χ2v) is 5.85. The van der Waals surface area contributed by atoms with Gasteiger partial charge in [0.1, 0.15) is 0 Å². The Bertz CT molecular complexity index is 468. The lowest BCUT2D eigenvalue weighted by Crippen LogP contribution is -2.16. The lowest BCUT2D eigenvalue weighted by Gasteiger charge is -2.05. The zero-order valence-electron chi connectivity index (χ0n) is 10.6. The van der Waals surface area contributed by atoms with Crippen LogP contribution in [-0.2, 0) is 13.0 Å². The highest BCUT2D eigenvalue weighted by Gasteiger charge is 2.22. The second-order valence-electron chi connectivity index (χ2n) is 5.07. The van der Waals surface area contributed by atoms with Gasteiger partial charge in [-0.25, -0.2) is 0 Å². The molecule has 18 heavy (non-hydrogen) atoms. The van der Waals surface area contributed by atoms with Gasteiger partial charge in [0, 0.05) is 6.54 Å². The van der Waals surface area contributed by atoms with Gasteiger partial charge in [0.05, 0.1) is 0 Å². The summed E-state index contributed by atoms with van der Waals surface area (Å²) >= 11 is 1.78. The van der Waals surface area contributed by atoms with E-state index < -0.39 is 0 Å². The van der Waals surface area contributed by atoms with Crippen molar-refractivity contribution in [1.82, 2.24) is 5.32 Å². The van der Waals surface area contributed by atoms with Gasteiger partial charge >= 0.3 is 0 Å². The summed E-state index contributed by atoms with van der Waals surface area (Å²) in [7, 11) is 0. The molecular weight excluding hydrogens is 238 g/mol. The van der Waals surface area contributed by atoms with Crippen molar-refractivity contribution in [2.24, 2.45) is 0 Å². The van der Waals surface area contributed by atoms with Crippen molar-refractivity contribution in [2.45, 2.75) is 31.7 Å². The van der Waals surface area contributed by atoms with Crippen LogP contribution in [0, 0.1) is 0 Å². The molecule has 0 aliphatic heterocycles. The van der Waals surface area contributed by atoms with Gasteiger partial charge in [-0.05, 0) is 65.2 Å². The highest BCUT2D eigenvalue weighted by Crippen LogP contribution is 2.39.